The minimum absolute atomic E-state index is 0.175. The number of carbonyl (C=O) groups is 2. The van der Waals surface area contributed by atoms with E-state index in [0.29, 0.717) is 30.1 Å². The molecule has 0 aliphatic heterocycles. The molecule has 0 radical (unpaired) electrons. The van der Waals surface area contributed by atoms with E-state index < -0.39 is 65.5 Å². The van der Waals surface area contributed by atoms with Gasteiger partial charge in [-0.25, -0.2) is 8.78 Å². The number of benzene rings is 2. The number of hydrazine groups is 1. The second kappa shape index (κ2) is 12.3. The van der Waals surface area contributed by atoms with Crippen LogP contribution in [0.3, 0.4) is 0 Å². The molecular weight excluding hydrogens is 607 g/mol. The van der Waals surface area contributed by atoms with E-state index in [0.717, 1.165) is 31.3 Å². The van der Waals surface area contributed by atoms with Crippen molar-refractivity contribution in [3.05, 3.63) is 73.7 Å². The van der Waals surface area contributed by atoms with Gasteiger partial charge >= 0.3 is 12.4 Å². The molecule has 1 atom stereocenters. The van der Waals surface area contributed by atoms with Crippen LogP contribution in [0, 0.1) is 0 Å². The summed E-state index contributed by atoms with van der Waals surface area (Å²) in [6.07, 6.45) is -10.2. The van der Waals surface area contributed by atoms with Gasteiger partial charge in [-0.15, -0.1) is 0 Å². The summed E-state index contributed by atoms with van der Waals surface area (Å²) in [7, 11) is 0.963. The largest absolute Gasteiger partial charge is 0.417 e. The molecular formula is C24H19Cl3F8N2O2. The second-order valence-electron chi connectivity index (χ2n) is 8.44. The van der Waals surface area contributed by atoms with Crippen LogP contribution in [0.1, 0.15) is 52.7 Å². The predicted octanol–water partition coefficient (Wildman–Crippen LogP) is 8.56. The van der Waals surface area contributed by atoms with Crippen molar-refractivity contribution in [1.82, 2.24) is 10.4 Å². The summed E-state index contributed by atoms with van der Waals surface area (Å²) < 4.78 is 108. The summed E-state index contributed by atoms with van der Waals surface area (Å²) in [5, 5.41) is -0.226. The first-order valence-electron chi connectivity index (χ1n) is 10.8. The van der Waals surface area contributed by atoms with Crippen molar-refractivity contribution >= 4 is 52.7 Å². The van der Waals surface area contributed by atoms with E-state index >= 15 is 0 Å². The van der Waals surface area contributed by atoms with Crippen molar-refractivity contribution in [3.63, 3.8) is 0 Å². The Labute approximate surface area is 232 Å². The van der Waals surface area contributed by atoms with E-state index in [2.05, 4.69) is 0 Å². The number of hydrogen-bond acceptors (Lipinski definition) is 2. The van der Waals surface area contributed by atoms with Gasteiger partial charge in [-0.1, -0.05) is 53.0 Å². The first-order chi connectivity index (χ1) is 17.7. The fourth-order valence-electron chi connectivity index (χ4n) is 3.24. The Morgan fingerprint density at radius 3 is 2.03 bits per heavy atom. The number of allylic oxidation sites excluding steroid dienone is 1. The van der Waals surface area contributed by atoms with Gasteiger partial charge in [-0.3, -0.25) is 20.0 Å². The highest BCUT2D eigenvalue weighted by Crippen LogP contribution is 2.41. The maximum atomic E-state index is 13.7. The molecule has 2 rings (SSSR count). The topological polar surface area (TPSA) is 49.4 Å². The zero-order valence-corrected chi connectivity index (χ0v) is 22.2. The first-order valence-corrected chi connectivity index (χ1v) is 11.9. The number of halogens is 11. The van der Waals surface area contributed by atoms with Crippen molar-refractivity contribution in [2.24, 2.45) is 0 Å². The fraction of sp³-hybridized carbons (Fsp3) is 0.333. The zero-order chi connectivity index (χ0) is 29.9. The minimum atomic E-state index is -5.12. The number of nitrogens with one attached hydrogen (secondary N) is 1. The first kappa shape index (κ1) is 32.6. The predicted molar refractivity (Wildman–Crippen MR) is 131 cm³/mol. The SMILES string of the molecule is CN(NC(=O)c1ccc(/C=C/C(c2cc(Cl)c(Cl)c(Cl)c2)C(F)(F)F)cc1C(F)(F)F)C(=O)CCC(C)(F)F. The Morgan fingerprint density at radius 1 is 0.974 bits per heavy atom. The normalized spacial score (nSPS) is 13.5. The Hall–Kier alpha value is -2.57. The van der Waals surface area contributed by atoms with Gasteiger partial charge in [0, 0.05) is 19.9 Å². The van der Waals surface area contributed by atoms with Gasteiger partial charge in [0.25, 0.3) is 5.91 Å². The molecule has 0 spiro atoms. The average Bonchev–Trinajstić information content (AvgIpc) is 2.78. The number of hydrogen-bond donors (Lipinski definition) is 1. The second-order valence-corrected chi connectivity index (χ2v) is 9.64. The van der Waals surface area contributed by atoms with Crippen molar-refractivity contribution < 1.29 is 44.7 Å². The van der Waals surface area contributed by atoms with Gasteiger partial charge in [-0.2, -0.15) is 26.3 Å². The third kappa shape index (κ3) is 9.25. The highest BCUT2D eigenvalue weighted by atomic mass is 35.5. The molecule has 2 aromatic rings. The Balaban J connectivity index is 2.37. The van der Waals surface area contributed by atoms with Gasteiger partial charge in [0.1, 0.15) is 0 Å². The minimum Gasteiger partial charge on any atom is -0.273 e. The number of carbonyl (C=O) groups excluding carboxylic acids is 2. The molecule has 0 fully saturated rings. The number of nitrogens with zero attached hydrogens (tertiary/aromatic N) is 1. The molecule has 1 unspecified atom stereocenters. The van der Waals surface area contributed by atoms with Crippen LogP contribution < -0.4 is 5.43 Å². The average molecular weight is 626 g/mol. The lowest BCUT2D eigenvalue weighted by Gasteiger charge is -2.21. The number of amides is 2. The molecule has 15 heteroatoms. The lowest BCUT2D eigenvalue weighted by atomic mass is 9.96. The van der Waals surface area contributed by atoms with Crippen LogP contribution in [0.15, 0.2) is 36.4 Å². The summed E-state index contributed by atoms with van der Waals surface area (Å²) in [6, 6.07) is 3.95. The van der Waals surface area contributed by atoms with Crippen LogP contribution in [0.25, 0.3) is 6.08 Å². The smallest absolute Gasteiger partial charge is 0.273 e. The Morgan fingerprint density at radius 2 is 1.54 bits per heavy atom. The Kier molecular flexibility index (Phi) is 10.3. The monoisotopic (exact) mass is 624 g/mol. The van der Waals surface area contributed by atoms with Crippen LogP contribution >= 0.6 is 34.8 Å². The summed E-state index contributed by atoms with van der Waals surface area (Å²) >= 11 is 17.4. The quantitative estimate of drug-likeness (QED) is 0.190. The molecule has 1 N–H and O–H groups in total. The molecule has 0 aliphatic carbocycles. The van der Waals surface area contributed by atoms with Gasteiger partial charge in [-0.05, 0) is 42.3 Å². The number of alkyl halides is 8. The van der Waals surface area contributed by atoms with Crippen LogP contribution in [0.4, 0.5) is 35.1 Å². The van der Waals surface area contributed by atoms with Gasteiger partial charge in [0.05, 0.1) is 32.1 Å². The van der Waals surface area contributed by atoms with Crippen LogP contribution in [0.5, 0.6) is 0 Å². The maximum absolute atomic E-state index is 13.7. The van der Waals surface area contributed by atoms with E-state index in [1.807, 2.05) is 5.43 Å². The molecule has 0 aliphatic rings. The lowest BCUT2D eigenvalue weighted by Crippen LogP contribution is -2.44. The van der Waals surface area contributed by atoms with Crippen LogP contribution in [-0.2, 0) is 11.0 Å². The highest BCUT2D eigenvalue weighted by molar-refractivity contribution is 6.48. The third-order valence-corrected chi connectivity index (χ3v) is 6.41. The molecule has 2 amide bonds. The summed E-state index contributed by atoms with van der Waals surface area (Å²) in [4.78, 5) is 24.4. The van der Waals surface area contributed by atoms with E-state index in [1.54, 1.807) is 0 Å². The molecule has 39 heavy (non-hydrogen) atoms. The van der Waals surface area contributed by atoms with Crippen molar-refractivity contribution in [2.75, 3.05) is 7.05 Å². The standard InChI is InChI=1S/C24H19Cl3F8N2O2/c1-22(28,29)8-7-19(38)37(2)36-21(39)14-5-3-12(9-16(14)24(33,34)35)4-6-15(23(30,31)32)13-10-17(25)20(27)18(26)11-13/h3-6,9-11,15H,7-8H2,1-2H3,(H,36,39)/b6-4+. The molecule has 214 valence electrons. The molecule has 0 saturated heterocycles. The third-order valence-electron chi connectivity index (χ3n) is 5.21. The van der Waals surface area contributed by atoms with Gasteiger partial charge in [0.15, 0.2) is 0 Å². The van der Waals surface area contributed by atoms with E-state index in [-0.39, 0.29) is 20.6 Å². The summed E-state index contributed by atoms with van der Waals surface area (Å²) in [5.41, 5.74) is -1.35. The summed E-state index contributed by atoms with van der Waals surface area (Å²) in [6.45, 7) is 0.571. The molecule has 0 bridgehead atoms. The zero-order valence-electron chi connectivity index (χ0n) is 20.0. The van der Waals surface area contributed by atoms with E-state index in [1.165, 1.54) is 0 Å². The molecule has 0 saturated carbocycles. The maximum Gasteiger partial charge on any atom is 0.417 e. The Bertz CT molecular complexity index is 1230. The number of rotatable bonds is 7. The van der Waals surface area contributed by atoms with E-state index in [4.69, 9.17) is 34.8 Å². The summed E-state index contributed by atoms with van der Waals surface area (Å²) in [5.74, 6) is -7.88. The van der Waals surface area contributed by atoms with Crippen LogP contribution in [-0.4, -0.2) is 36.0 Å². The molecule has 0 heterocycles. The lowest BCUT2D eigenvalue weighted by molar-refractivity contribution is -0.140. The van der Waals surface area contributed by atoms with E-state index in [9.17, 15) is 44.7 Å². The van der Waals surface area contributed by atoms with Gasteiger partial charge < -0.3 is 0 Å². The highest BCUT2D eigenvalue weighted by Gasteiger charge is 2.40. The molecule has 0 aromatic heterocycles. The fourth-order valence-corrected chi connectivity index (χ4v) is 3.85. The molecule has 2 aromatic carbocycles. The van der Waals surface area contributed by atoms with Gasteiger partial charge in [0.2, 0.25) is 11.8 Å². The van der Waals surface area contributed by atoms with Crippen molar-refractivity contribution in [2.45, 2.75) is 44.0 Å². The molecule has 4 nitrogen and oxygen atoms in total. The van der Waals surface area contributed by atoms with Crippen molar-refractivity contribution in [3.8, 4) is 0 Å². The van der Waals surface area contributed by atoms with Crippen molar-refractivity contribution in [1.29, 1.82) is 0 Å². The van der Waals surface area contributed by atoms with Crippen LogP contribution in [0.2, 0.25) is 15.1 Å².